The van der Waals surface area contributed by atoms with Crippen LogP contribution in [0.5, 0.6) is 0 Å². The molecule has 0 radical (unpaired) electrons. The molecule has 7 nitrogen and oxygen atoms in total. The lowest BCUT2D eigenvalue weighted by atomic mass is 9.46. The second-order valence-corrected chi connectivity index (χ2v) is 10.8. The van der Waals surface area contributed by atoms with Gasteiger partial charge < -0.3 is 14.9 Å². The third kappa shape index (κ3) is 3.82. The van der Waals surface area contributed by atoms with Crippen LogP contribution in [0.3, 0.4) is 0 Å². The summed E-state index contributed by atoms with van der Waals surface area (Å²) in [5.74, 6) is -1.21. The van der Waals surface area contributed by atoms with Gasteiger partial charge in [-0.15, -0.1) is 0 Å². The van der Waals surface area contributed by atoms with Crippen molar-refractivity contribution in [2.24, 2.45) is 34.5 Å². The van der Waals surface area contributed by atoms with E-state index in [-0.39, 0.29) is 53.7 Å². The second kappa shape index (κ2) is 8.40. The Balaban J connectivity index is 1.48. The lowest BCUT2D eigenvalue weighted by Gasteiger charge is -2.59. The van der Waals surface area contributed by atoms with Crippen LogP contribution in [0, 0.1) is 34.5 Å². The van der Waals surface area contributed by atoms with E-state index in [1.165, 1.54) is 5.57 Å². The van der Waals surface area contributed by atoms with Gasteiger partial charge in [0.1, 0.15) is 6.61 Å². The zero-order valence-electron chi connectivity index (χ0n) is 19.0. The van der Waals surface area contributed by atoms with Gasteiger partial charge in [-0.1, -0.05) is 19.4 Å². The molecule has 7 heteroatoms. The number of hydrogen-bond acceptors (Lipinski definition) is 6. The standard InChI is InChI=1S/C25H34O7/c1-24-10-9-15(26)11-14(24)3-4-16-17-5-6-18(25(17,2)12-19(27)23(16)24)20(28)13-32-22(31)8-7-21(29)30/h11,16-19,23,27H,3-10,12-13H2,1-2H3,(H,29,30)/t16-,17?,18+,19?,23?,24?,25-/m0/s1. The molecular formula is C25H34O7. The van der Waals surface area contributed by atoms with Crippen LogP contribution in [0.4, 0.5) is 0 Å². The van der Waals surface area contributed by atoms with Crippen LogP contribution in [-0.2, 0) is 23.9 Å². The molecule has 3 fully saturated rings. The molecule has 0 amide bonds. The molecule has 7 atom stereocenters. The smallest absolute Gasteiger partial charge is 0.306 e. The average molecular weight is 447 g/mol. The Hall–Kier alpha value is -2.02. The quantitative estimate of drug-likeness (QED) is 0.602. The van der Waals surface area contributed by atoms with Gasteiger partial charge in [-0.2, -0.15) is 0 Å². The largest absolute Gasteiger partial charge is 0.481 e. The van der Waals surface area contributed by atoms with E-state index in [0.717, 1.165) is 32.1 Å². The molecule has 4 unspecified atom stereocenters. The first-order chi connectivity index (χ1) is 15.1. The van der Waals surface area contributed by atoms with Crippen molar-refractivity contribution in [1.29, 1.82) is 0 Å². The molecule has 3 saturated carbocycles. The van der Waals surface area contributed by atoms with Gasteiger partial charge in [-0.25, -0.2) is 0 Å². The second-order valence-electron chi connectivity index (χ2n) is 10.8. The highest BCUT2D eigenvalue weighted by atomic mass is 16.5. The zero-order chi connectivity index (χ0) is 23.3. The van der Waals surface area contributed by atoms with Crippen molar-refractivity contribution in [2.45, 2.75) is 77.7 Å². The maximum atomic E-state index is 13.0. The van der Waals surface area contributed by atoms with Crippen molar-refractivity contribution >= 4 is 23.5 Å². The predicted octanol–water partition coefficient (Wildman–Crippen LogP) is 3.08. The van der Waals surface area contributed by atoms with Gasteiger partial charge in [0.2, 0.25) is 0 Å². The Morgan fingerprint density at radius 3 is 2.59 bits per heavy atom. The molecule has 176 valence electrons. The number of ketones is 2. The summed E-state index contributed by atoms with van der Waals surface area (Å²) in [6, 6.07) is 0. The van der Waals surface area contributed by atoms with Crippen LogP contribution in [-0.4, -0.2) is 46.4 Å². The van der Waals surface area contributed by atoms with Gasteiger partial charge in [-0.3, -0.25) is 19.2 Å². The summed E-state index contributed by atoms with van der Waals surface area (Å²) < 4.78 is 5.07. The number of allylic oxidation sites excluding steroid dienone is 1. The molecule has 4 aliphatic rings. The van der Waals surface area contributed by atoms with Crippen molar-refractivity contribution in [3.8, 4) is 0 Å². The lowest BCUT2D eigenvalue weighted by Crippen LogP contribution is -2.57. The molecule has 0 spiro atoms. The van der Waals surface area contributed by atoms with Crippen molar-refractivity contribution in [3.05, 3.63) is 11.6 Å². The molecule has 0 bridgehead atoms. The molecule has 0 aromatic rings. The minimum absolute atomic E-state index is 0.108. The molecule has 4 rings (SSSR count). The topological polar surface area (TPSA) is 118 Å². The van der Waals surface area contributed by atoms with E-state index >= 15 is 0 Å². The molecule has 32 heavy (non-hydrogen) atoms. The van der Waals surface area contributed by atoms with Gasteiger partial charge in [0.25, 0.3) is 0 Å². The minimum atomic E-state index is -1.08. The summed E-state index contributed by atoms with van der Waals surface area (Å²) in [6.07, 6.45) is 6.04. The Labute approximate surface area is 188 Å². The van der Waals surface area contributed by atoms with Gasteiger partial charge in [0.05, 0.1) is 18.9 Å². The number of aliphatic hydroxyl groups excluding tert-OH is 1. The maximum absolute atomic E-state index is 13.0. The van der Waals surface area contributed by atoms with E-state index < -0.39 is 18.0 Å². The summed E-state index contributed by atoms with van der Waals surface area (Å²) in [4.78, 5) is 47.4. The fourth-order valence-corrected chi connectivity index (χ4v) is 7.75. The van der Waals surface area contributed by atoms with Crippen LogP contribution >= 0.6 is 0 Å². The maximum Gasteiger partial charge on any atom is 0.306 e. The fourth-order valence-electron chi connectivity index (χ4n) is 7.75. The number of aliphatic carboxylic acids is 1. The monoisotopic (exact) mass is 446 g/mol. The van der Waals surface area contributed by atoms with Crippen molar-refractivity contribution in [3.63, 3.8) is 0 Å². The lowest BCUT2D eigenvalue weighted by molar-refractivity contribution is -0.156. The van der Waals surface area contributed by atoms with E-state index in [1.807, 2.05) is 6.08 Å². The van der Waals surface area contributed by atoms with Crippen molar-refractivity contribution in [2.75, 3.05) is 6.61 Å². The molecule has 0 aromatic carbocycles. The van der Waals surface area contributed by atoms with Crippen LogP contribution < -0.4 is 0 Å². The van der Waals surface area contributed by atoms with Crippen molar-refractivity contribution < 1.29 is 34.1 Å². The summed E-state index contributed by atoms with van der Waals surface area (Å²) >= 11 is 0. The Kier molecular flexibility index (Phi) is 6.07. The number of hydrogen-bond donors (Lipinski definition) is 2. The fraction of sp³-hybridized carbons (Fsp3) is 0.760. The number of aliphatic hydroxyl groups is 1. The number of carboxylic acids is 1. The predicted molar refractivity (Wildman–Crippen MR) is 114 cm³/mol. The van der Waals surface area contributed by atoms with Gasteiger partial charge in [0.15, 0.2) is 11.6 Å². The van der Waals surface area contributed by atoms with Gasteiger partial charge in [0, 0.05) is 12.3 Å². The third-order valence-electron chi connectivity index (χ3n) is 9.20. The summed E-state index contributed by atoms with van der Waals surface area (Å²) in [7, 11) is 0. The summed E-state index contributed by atoms with van der Waals surface area (Å²) in [5, 5.41) is 20.0. The van der Waals surface area contributed by atoms with E-state index in [4.69, 9.17) is 9.84 Å². The number of carboxylic acid groups (broad SMARTS) is 1. The van der Waals surface area contributed by atoms with Crippen LogP contribution in [0.2, 0.25) is 0 Å². The minimum Gasteiger partial charge on any atom is -0.481 e. The van der Waals surface area contributed by atoms with Crippen LogP contribution in [0.25, 0.3) is 0 Å². The Morgan fingerprint density at radius 1 is 1.12 bits per heavy atom. The number of fused-ring (bicyclic) bond motifs is 5. The average Bonchev–Trinajstić information content (AvgIpc) is 3.07. The highest BCUT2D eigenvalue weighted by Gasteiger charge is 2.62. The van der Waals surface area contributed by atoms with Gasteiger partial charge >= 0.3 is 11.9 Å². The van der Waals surface area contributed by atoms with Crippen molar-refractivity contribution in [1.82, 2.24) is 0 Å². The third-order valence-corrected chi connectivity index (χ3v) is 9.20. The Bertz CT molecular complexity index is 860. The molecular weight excluding hydrogens is 412 g/mol. The highest BCUT2D eigenvalue weighted by Crippen LogP contribution is 2.66. The number of Topliss-reactive ketones (excluding diaryl/α,β-unsaturated/α-hetero) is 1. The highest BCUT2D eigenvalue weighted by molar-refractivity contribution is 5.91. The summed E-state index contributed by atoms with van der Waals surface area (Å²) in [5.41, 5.74) is 0.698. The number of ether oxygens (including phenoxy) is 1. The van der Waals surface area contributed by atoms with Gasteiger partial charge in [-0.05, 0) is 73.2 Å². The van der Waals surface area contributed by atoms with E-state index in [0.29, 0.717) is 24.7 Å². The van der Waals surface area contributed by atoms with Crippen LogP contribution in [0.15, 0.2) is 11.6 Å². The molecule has 0 saturated heterocycles. The van der Waals surface area contributed by atoms with E-state index in [2.05, 4.69) is 13.8 Å². The SMILES string of the molecule is CC12CCC(=O)C=C1CC[C@@H]1C2C(O)C[C@@]2(C)C1CC[C@@H]2C(=O)COC(=O)CCC(=O)O. The molecule has 0 heterocycles. The molecule has 0 aliphatic heterocycles. The van der Waals surface area contributed by atoms with E-state index in [1.54, 1.807) is 0 Å². The normalized spacial score (nSPS) is 40.5. The molecule has 2 N–H and O–H groups in total. The first-order valence-corrected chi connectivity index (χ1v) is 11.9. The molecule has 0 aromatic heterocycles. The Morgan fingerprint density at radius 2 is 1.88 bits per heavy atom. The number of rotatable bonds is 6. The number of carbonyl (C=O) groups excluding carboxylic acids is 3. The number of esters is 1. The van der Waals surface area contributed by atoms with Crippen LogP contribution in [0.1, 0.15) is 71.6 Å². The zero-order valence-corrected chi connectivity index (χ0v) is 19.0. The van der Waals surface area contributed by atoms with E-state index in [9.17, 15) is 24.3 Å². The molecule has 4 aliphatic carbocycles. The first kappa shape index (κ1) is 23.1. The summed E-state index contributed by atoms with van der Waals surface area (Å²) in [6.45, 7) is 3.99. The first-order valence-electron chi connectivity index (χ1n) is 11.9. The number of carbonyl (C=O) groups is 4.